The second-order valence-electron chi connectivity index (χ2n) is 5.16. The Balaban J connectivity index is 1.56. The number of pyridine rings is 1. The SMILES string of the molecule is CCc1nc(CN2CCN(c3ncccc3Cl)CC2)cs1. The van der Waals surface area contributed by atoms with Crippen LogP contribution in [0.25, 0.3) is 0 Å². The first-order valence-corrected chi connectivity index (χ1v) is 8.53. The number of thiazole rings is 1. The lowest BCUT2D eigenvalue weighted by Crippen LogP contribution is -2.46. The highest BCUT2D eigenvalue weighted by Crippen LogP contribution is 2.23. The van der Waals surface area contributed by atoms with Crippen molar-refractivity contribution in [2.24, 2.45) is 0 Å². The highest BCUT2D eigenvalue weighted by atomic mass is 35.5. The summed E-state index contributed by atoms with van der Waals surface area (Å²) in [7, 11) is 0. The molecule has 0 saturated carbocycles. The minimum Gasteiger partial charge on any atom is -0.353 e. The first kappa shape index (κ1) is 14.8. The van der Waals surface area contributed by atoms with Crippen LogP contribution in [0.1, 0.15) is 17.6 Å². The number of rotatable bonds is 4. The van der Waals surface area contributed by atoms with E-state index in [2.05, 4.69) is 32.1 Å². The van der Waals surface area contributed by atoms with Crippen LogP contribution in [-0.2, 0) is 13.0 Å². The molecule has 0 bridgehead atoms. The number of piperazine rings is 1. The van der Waals surface area contributed by atoms with Gasteiger partial charge in [0, 0.05) is 44.3 Å². The van der Waals surface area contributed by atoms with E-state index in [1.54, 1.807) is 17.5 Å². The van der Waals surface area contributed by atoms with Gasteiger partial charge in [-0.15, -0.1) is 11.3 Å². The van der Waals surface area contributed by atoms with E-state index in [1.165, 1.54) is 10.7 Å². The second kappa shape index (κ2) is 6.73. The molecule has 1 aliphatic rings. The van der Waals surface area contributed by atoms with Crippen LogP contribution >= 0.6 is 22.9 Å². The van der Waals surface area contributed by atoms with E-state index in [0.717, 1.165) is 50.0 Å². The Bertz CT molecular complexity index is 593. The lowest BCUT2D eigenvalue weighted by Gasteiger charge is -2.35. The fraction of sp³-hybridized carbons (Fsp3) is 0.467. The molecule has 0 amide bonds. The van der Waals surface area contributed by atoms with Crippen molar-refractivity contribution < 1.29 is 0 Å². The van der Waals surface area contributed by atoms with Gasteiger partial charge in [-0.25, -0.2) is 9.97 Å². The minimum atomic E-state index is 0.734. The van der Waals surface area contributed by atoms with Gasteiger partial charge in [0.1, 0.15) is 5.82 Å². The molecule has 6 heteroatoms. The van der Waals surface area contributed by atoms with E-state index in [0.29, 0.717) is 0 Å². The van der Waals surface area contributed by atoms with Crippen molar-refractivity contribution in [1.82, 2.24) is 14.9 Å². The van der Waals surface area contributed by atoms with Gasteiger partial charge in [0.15, 0.2) is 0 Å². The van der Waals surface area contributed by atoms with E-state index in [1.807, 2.05) is 12.1 Å². The molecular formula is C15H19ClN4S. The van der Waals surface area contributed by atoms with Gasteiger partial charge in [0.05, 0.1) is 15.7 Å². The molecular weight excluding hydrogens is 304 g/mol. The fourth-order valence-corrected chi connectivity index (χ4v) is 3.52. The van der Waals surface area contributed by atoms with Crippen LogP contribution in [0.15, 0.2) is 23.7 Å². The molecule has 1 saturated heterocycles. The molecule has 2 aromatic rings. The number of halogens is 1. The van der Waals surface area contributed by atoms with E-state index < -0.39 is 0 Å². The zero-order chi connectivity index (χ0) is 14.7. The van der Waals surface area contributed by atoms with Crippen LogP contribution in [0.3, 0.4) is 0 Å². The number of hydrogen-bond donors (Lipinski definition) is 0. The Morgan fingerprint density at radius 1 is 1.29 bits per heavy atom. The molecule has 0 aromatic carbocycles. The van der Waals surface area contributed by atoms with Gasteiger partial charge >= 0.3 is 0 Å². The number of aromatic nitrogens is 2. The van der Waals surface area contributed by atoms with Crippen LogP contribution in [0.5, 0.6) is 0 Å². The van der Waals surface area contributed by atoms with Gasteiger partial charge in [-0.1, -0.05) is 18.5 Å². The fourth-order valence-electron chi connectivity index (χ4n) is 2.54. The minimum absolute atomic E-state index is 0.734. The van der Waals surface area contributed by atoms with Crippen molar-refractivity contribution in [1.29, 1.82) is 0 Å². The molecule has 0 aliphatic carbocycles. The molecule has 3 heterocycles. The normalized spacial score (nSPS) is 16.4. The smallest absolute Gasteiger partial charge is 0.147 e. The predicted molar refractivity (Wildman–Crippen MR) is 88.2 cm³/mol. The van der Waals surface area contributed by atoms with Gasteiger partial charge in [0.2, 0.25) is 0 Å². The Hall–Kier alpha value is -1.17. The molecule has 2 aromatic heterocycles. The molecule has 1 fully saturated rings. The molecule has 0 spiro atoms. The summed E-state index contributed by atoms with van der Waals surface area (Å²) < 4.78 is 0. The molecule has 0 atom stereocenters. The topological polar surface area (TPSA) is 32.3 Å². The highest BCUT2D eigenvalue weighted by Gasteiger charge is 2.20. The number of nitrogens with zero attached hydrogens (tertiary/aromatic N) is 4. The zero-order valence-electron chi connectivity index (χ0n) is 12.1. The van der Waals surface area contributed by atoms with Crippen molar-refractivity contribution in [2.75, 3.05) is 31.1 Å². The predicted octanol–water partition coefficient (Wildman–Crippen LogP) is 3.08. The van der Waals surface area contributed by atoms with Crippen LogP contribution in [0.2, 0.25) is 5.02 Å². The maximum absolute atomic E-state index is 6.22. The van der Waals surface area contributed by atoms with Crippen molar-refractivity contribution in [3.8, 4) is 0 Å². The Labute approximate surface area is 134 Å². The third-order valence-electron chi connectivity index (χ3n) is 3.70. The molecule has 0 N–H and O–H groups in total. The Kier molecular flexibility index (Phi) is 4.73. The second-order valence-corrected chi connectivity index (χ2v) is 6.51. The summed E-state index contributed by atoms with van der Waals surface area (Å²) in [4.78, 5) is 13.7. The van der Waals surface area contributed by atoms with Crippen LogP contribution in [0, 0.1) is 0 Å². The molecule has 3 rings (SSSR count). The van der Waals surface area contributed by atoms with Gasteiger partial charge in [0.25, 0.3) is 0 Å². The summed E-state index contributed by atoms with van der Waals surface area (Å²) >= 11 is 7.98. The molecule has 4 nitrogen and oxygen atoms in total. The zero-order valence-corrected chi connectivity index (χ0v) is 13.7. The third-order valence-corrected chi connectivity index (χ3v) is 5.04. The summed E-state index contributed by atoms with van der Waals surface area (Å²) in [6.45, 7) is 7.05. The van der Waals surface area contributed by atoms with Crippen LogP contribution in [-0.4, -0.2) is 41.0 Å². The van der Waals surface area contributed by atoms with Crippen molar-refractivity contribution in [2.45, 2.75) is 19.9 Å². The maximum atomic E-state index is 6.22. The summed E-state index contributed by atoms with van der Waals surface area (Å²) in [6, 6.07) is 3.77. The van der Waals surface area contributed by atoms with Crippen LogP contribution in [0.4, 0.5) is 5.82 Å². The molecule has 0 radical (unpaired) electrons. The van der Waals surface area contributed by atoms with Gasteiger partial charge in [-0.3, -0.25) is 4.90 Å². The lowest BCUT2D eigenvalue weighted by atomic mass is 10.3. The lowest BCUT2D eigenvalue weighted by molar-refractivity contribution is 0.247. The van der Waals surface area contributed by atoms with Gasteiger partial charge in [-0.2, -0.15) is 0 Å². The quantitative estimate of drug-likeness (QED) is 0.866. The summed E-state index contributed by atoms with van der Waals surface area (Å²) in [5, 5.41) is 4.14. The monoisotopic (exact) mass is 322 g/mol. The van der Waals surface area contributed by atoms with E-state index in [9.17, 15) is 0 Å². The van der Waals surface area contributed by atoms with Crippen molar-refractivity contribution in [3.05, 3.63) is 39.4 Å². The maximum Gasteiger partial charge on any atom is 0.147 e. The van der Waals surface area contributed by atoms with E-state index in [4.69, 9.17) is 11.6 Å². The average Bonchev–Trinajstić information content (AvgIpc) is 2.96. The standard InChI is InChI=1S/C15H19ClN4S/c1-2-14-18-12(11-21-14)10-19-6-8-20(9-7-19)15-13(16)4-3-5-17-15/h3-5,11H,2,6-10H2,1H3. The summed E-state index contributed by atoms with van der Waals surface area (Å²) in [5.74, 6) is 0.903. The first-order chi connectivity index (χ1) is 10.3. The number of anilines is 1. The molecule has 0 unspecified atom stereocenters. The largest absolute Gasteiger partial charge is 0.353 e. The Morgan fingerprint density at radius 2 is 2.10 bits per heavy atom. The van der Waals surface area contributed by atoms with Crippen LogP contribution < -0.4 is 4.90 Å². The van der Waals surface area contributed by atoms with E-state index in [-0.39, 0.29) is 0 Å². The van der Waals surface area contributed by atoms with E-state index >= 15 is 0 Å². The molecule has 112 valence electrons. The van der Waals surface area contributed by atoms with Gasteiger partial charge < -0.3 is 4.90 Å². The van der Waals surface area contributed by atoms with Crippen molar-refractivity contribution in [3.63, 3.8) is 0 Å². The number of hydrogen-bond acceptors (Lipinski definition) is 5. The molecule has 1 aliphatic heterocycles. The highest BCUT2D eigenvalue weighted by molar-refractivity contribution is 7.09. The third kappa shape index (κ3) is 3.54. The van der Waals surface area contributed by atoms with Gasteiger partial charge in [-0.05, 0) is 18.6 Å². The summed E-state index contributed by atoms with van der Waals surface area (Å²) in [5.41, 5.74) is 1.20. The first-order valence-electron chi connectivity index (χ1n) is 7.27. The number of aryl methyl sites for hydroxylation is 1. The molecule has 21 heavy (non-hydrogen) atoms. The summed E-state index contributed by atoms with van der Waals surface area (Å²) in [6.07, 6.45) is 2.83. The van der Waals surface area contributed by atoms with Crippen molar-refractivity contribution >= 4 is 28.8 Å². The average molecular weight is 323 g/mol. The Morgan fingerprint density at radius 3 is 2.76 bits per heavy atom.